The predicted molar refractivity (Wildman–Crippen MR) is 80.8 cm³/mol. The molecule has 1 aliphatic rings. The molecule has 0 spiro atoms. The van der Waals surface area contributed by atoms with Crippen molar-refractivity contribution in [3.8, 4) is 0 Å². The third-order valence-corrected chi connectivity index (χ3v) is 4.37. The number of benzene rings is 2. The molecule has 1 atom stereocenters. The molecule has 1 heterocycles. The first kappa shape index (κ1) is 12.3. The Hall–Kier alpha value is -1.78. The third kappa shape index (κ3) is 2.50. The second-order valence-electron chi connectivity index (χ2n) is 4.38. The molecule has 0 aliphatic carbocycles. The molecule has 0 saturated carbocycles. The van der Waals surface area contributed by atoms with Crippen LogP contribution in [0.25, 0.3) is 0 Å². The highest BCUT2D eigenvalue weighted by Crippen LogP contribution is 2.39. The van der Waals surface area contributed by atoms with Crippen LogP contribution in [-0.4, -0.2) is 11.6 Å². The molecule has 1 aliphatic heterocycles. The van der Waals surface area contributed by atoms with E-state index in [-0.39, 0.29) is 5.92 Å². The summed E-state index contributed by atoms with van der Waals surface area (Å²) in [6.07, 6.45) is 0. The second-order valence-corrected chi connectivity index (χ2v) is 5.44. The maximum Gasteiger partial charge on any atom is 0.125 e. The number of para-hydroxylation sites is 1. The molecule has 0 amide bonds. The minimum atomic E-state index is 0.242. The van der Waals surface area contributed by atoms with Crippen molar-refractivity contribution >= 4 is 23.3 Å². The van der Waals surface area contributed by atoms with Crippen LogP contribution in [0.3, 0.4) is 0 Å². The summed E-state index contributed by atoms with van der Waals surface area (Å²) in [5, 5.41) is 0. The lowest BCUT2D eigenvalue weighted by atomic mass is 10.0. The van der Waals surface area contributed by atoms with Gasteiger partial charge in [-0.2, -0.15) is 0 Å². The van der Waals surface area contributed by atoms with E-state index < -0.39 is 0 Å². The smallest absolute Gasteiger partial charge is 0.125 e. The summed E-state index contributed by atoms with van der Waals surface area (Å²) in [6.45, 7) is 0. The Bertz CT molecular complexity index is 595. The van der Waals surface area contributed by atoms with Crippen molar-refractivity contribution < 1.29 is 0 Å². The molecule has 0 fully saturated rings. The Labute approximate surface area is 116 Å². The monoisotopic (exact) mass is 269 g/mol. The molecule has 96 valence electrons. The van der Waals surface area contributed by atoms with Crippen molar-refractivity contribution in [1.82, 2.24) is 5.43 Å². The molecule has 2 aromatic carbocycles. The van der Waals surface area contributed by atoms with Gasteiger partial charge in [0, 0.05) is 10.6 Å². The molecule has 0 aromatic heterocycles. The second kappa shape index (κ2) is 5.47. The van der Waals surface area contributed by atoms with Gasteiger partial charge in [0.25, 0.3) is 0 Å². The van der Waals surface area contributed by atoms with Crippen LogP contribution in [0.2, 0.25) is 0 Å². The summed E-state index contributed by atoms with van der Waals surface area (Å²) in [7, 11) is 0. The predicted octanol–water partition coefficient (Wildman–Crippen LogP) is 3.07. The number of thioether (sulfide) groups is 1. The van der Waals surface area contributed by atoms with Gasteiger partial charge in [-0.3, -0.25) is 0 Å². The van der Waals surface area contributed by atoms with Crippen molar-refractivity contribution in [2.75, 3.05) is 5.75 Å². The van der Waals surface area contributed by atoms with Crippen molar-refractivity contribution in [2.24, 2.45) is 10.8 Å². The van der Waals surface area contributed by atoms with Gasteiger partial charge in [0.2, 0.25) is 0 Å². The fourth-order valence-electron chi connectivity index (χ4n) is 2.24. The zero-order valence-electron chi connectivity index (χ0n) is 10.4. The molecule has 3 N–H and O–H groups in total. The highest BCUT2D eigenvalue weighted by molar-refractivity contribution is 7.99. The van der Waals surface area contributed by atoms with E-state index in [1.807, 2.05) is 42.1 Å². The molecular weight excluding hydrogens is 254 g/mol. The van der Waals surface area contributed by atoms with Gasteiger partial charge in [0.15, 0.2) is 0 Å². The normalized spacial score (nSPS) is 18.2. The quantitative estimate of drug-likeness (QED) is 0.381. The van der Waals surface area contributed by atoms with Crippen molar-refractivity contribution in [1.29, 1.82) is 0 Å². The summed E-state index contributed by atoms with van der Waals surface area (Å²) < 4.78 is 0. The minimum Gasteiger partial charge on any atom is -0.311 e. The van der Waals surface area contributed by atoms with E-state index in [4.69, 9.17) is 5.84 Å². The Morgan fingerprint density at radius 2 is 1.84 bits per heavy atom. The summed E-state index contributed by atoms with van der Waals surface area (Å²) >= 11 is 1.85. The topological polar surface area (TPSA) is 50.4 Å². The summed E-state index contributed by atoms with van der Waals surface area (Å²) in [4.78, 5) is 5.95. The molecular formula is C15H15N3S. The maximum atomic E-state index is 5.67. The third-order valence-electron chi connectivity index (χ3n) is 3.18. The minimum absolute atomic E-state index is 0.242. The Kier molecular flexibility index (Phi) is 3.53. The standard InChI is InChI=1S/C15H15N3S/c16-18-15(17-11-6-2-1-3-7-11)13-10-19-14-9-5-4-8-12(13)14/h1-9,13H,10,16H2,(H,17,18). The van der Waals surface area contributed by atoms with Crippen LogP contribution in [0.15, 0.2) is 64.5 Å². The van der Waals surface area contributed by atoms with Gasteiger partial charge in [-0.05, 0) is 23.8 Å². The summed E-state index contributed by atoms with van der Waals surface area (Å²) in [5.74, 6) is 7.71. The number of nitrogens with zero attached hydrogens (tertiary/aromatic N) is 1. The number of aliphatic imine (C=N–C) groups is 1. The van der Waals surface area contributed by atoms with E-state index in [0.717, 1.165) is 17.3 Å². The molecule has 3 rings (SSSR count). The highest BCUT2D eigenvalue weighted by Gasteiger charge is 2.26. The van der Waals surface area contributed by atoms with Gasteiger partial charge in [-0.25, -0.2) is 10.8 Å². The van der Waals surface area contributed by atoms with Gasteiger partial charge >= 0.3 is 0 Å². The van der Waals surface area contributed by atoms with Gasteiger partial charge < -0.3 is 5.43 Å². The number of fused-ring (bicyclic) bond motifs is 1. The largest absolute Gasteiger partial charge is 0.311 e. The van der Waals surface area contributed by atoms with Gasteiger partial charge in [0.05, 0.1) is 11.6 Å². The zero-order valence-corrected chi connectivity index (χ0v) is 11.2. The van der Waals surface area contributed by atoms with Gasteiger partial charge in [-0.15, -0.1) is 11.8 Å². The molecule has 1 unspecified atom stereocenters. The number of nitrogens with one attached hydrogen (secondary N) is 1. The number of amidine groups is 1. The summed E-state index contributed by atoms with van der Waals surface area (Å²) in [5.41, 5.74) is 5.00. The van der Waals surface area contributed by atoms with E-state index >= 15 is 0 Å². The fourth-order valence-corrected chi connectivity index (χ4v) is 3.48. The van der Waals surface area contributed by atoms with E-state index in [1.165, 1.54) is 10.5 Å². The molecule has 4 heteroatoms. The summed E-state index contributed by atoms with van der Waals surface area (Å²) in [6, 6.07) is 18.3. The fraction of sp³-hybridized carbons (Fsp3) is 0.133. The van der Waals surface area contributed by atoms with Crippen molar-refractivity contribution in [2.45, 2.75) is 10.8 Å². The number of nitrogens with two attached hydrogens (primary N) is 1. The van der Waals surface area contributed by atoms with Gasteiger partial charge in [-0.1, -0.05) is 36.4 Å². The van der Waals surface area contributed by atoms with Crippen molar-refractivity contribution in [3.63, 3.8) is 0 Å². The first-order chi connectivity index (χ1) is 9.38. The lowest BCUT2D eigenvalue weighted by Crippen LogP contribution is -2.35. The van der Waals surface area contributed by atoms with E-state index in [9.17, 15) is 0 Å². The van der Waals surface area contributed by atoms with E-state index in [0.29, 0.717) is 0 Å². The van der Waals surface area contributed by atoms with Crippen LogP contribution in [-0.2, 0) is 0 Å². The molecule has 2 aromatic rings. The average Bonchev–Trinajstić information content (AvgIpc) is 2.90. The Balaban J connectivity index is 1.95. The van der Waals surface area contributed by atoms with Crippen LogP contribution in [0.4, 0.5) is 5.69 Å². The first-order valence-corrected chi connectivity index (χ1v) is 7.19. The molecule has 3 nitrogen and oxygen atoms in total. The molecule has 0 radical (unpaired) electrons. The lowest BCUT2D eigenvalue weighted by Gasteiger charge is -2.13. The SMILES string of the molecule is NNC(=Nc1ccccc1)C1CSc2ccccc21. The van der Waals surface area contributed by atoms with Crippen LogP contribution in [0, 0.1) is 0 Å². The number of hydrogen-bond donors (Lipinski definition) is 2. The van der Waals surface area contributed by atoms with Crippen molar-refractivity contribution in [3.05, 3.63) is 60.2 Å². The van der Waals surface area contributed by atoms with Gasteiger partial charge in [0.1, 0.15) is 5.84 Å². The van der Waals surface area contributed by atoms with Crippen LogP contribution < -0.4 is 11.3 Å². The average molecular weight is 269 g/mol. The number of hydrogen-bond acceptors (Lipinski definition) is 3. The highest BCUT2D eigenvalue weighted by atomic mass is 32.2. The maximum absolute atomic E-state index is 5.67. The molecule has 0 saturated heterocycles. The first-order valence-electron chi connectivity index (χ1n) is 6.20. The van der Waals surface area contributed by atoms with Crippen LogP contribution in [0.1, 0.15) is 11.5 Å². The van der Waals surface area contributed by atoms with Crippen LogP contribution >= 0.6 is 11.8 Å². The molecule has 19 heavy (non-hydrogen) atoms. The molecule has 0 bridgehead atoms. The number of rotatable bonds is 2. The van der Waals surface area contributed by atoms with Crippen LogP contribution in [0.5, 0.6) is 0 Å². The van der Waals surface area contributed by atoms with E-state index in [2.05, 4.69) is 34.7 Å². The van der Waals surface area contributed by atoms with E-state index in [1.54, 1.807) is 0 Å². The Morgan fingerprint density at radius 3 is 2.63 bits per heavy atom. The zero-order chi connectivity index (χ0) is 13.1. The number of hydrazine groups is 1. The lowest BCUT2D eigenvalue weighted by molar-refractivity contribution is 0.909. The Morgan fingerprint density at radius 1 is 1.11 bits per heavy atom.